The Bertz CT molecular complexity index is 1190. The lowest BCUT2D eigenvalue weighted by Gasteiger charge is -2.18. The number of halogens is 5. The molecule has 0 aliphatic heterocycles. The zero-order valence-corrected chi connectivity index (χ0v) is 15.7. The van der Waals surface area contributed by atoms with E-state index in [9.17, 15) is 27.2 Å². The Morgan fingerprint density at radius 2 is 1.93 bits per heavy atom. The zero-order valence-electron chi connectivity index (χ0n) is 14.9. The van der Waals surface area contributed by atoms with Crippen molar-refractivity contribution in [2.45, 2.75) is 6.18 Å². The van der Waals surface area contributed by atoms with Gasteiger partial charge in [-0.2, -0.15) is 13.2 Å². The Morgan fingerprint density at radius 1 is 1.24 bits per heavy atom. The summed E-state index contributed by atoms with van der Waals surface area (Å²) in [6.45, 7) is 0. The first kappa shape index (κ1) is 20.6. The molecule has 152 valence electrons. The molecule has 0 fully saturated rings. The Kier molecular flexibility index (Phi) is 5.22. The smallest absolute Gasteiger partial charge is 0.433 e. The standard InChI is InChI=1S/C18H12ClF4N3O3/c1-24-14-8-6-7-11(18(21,22)23)25-15(8)26(16(27)12(14)17(28)29-2)10-5-3-4-9(20)13(10)19/h3-7,24H,1-2H3. The van der Waals surface area contributed by atoms with Gasteiger partial charge < -0.3 is 10.1 Å². The summed E-state index contributed by atoms with van der Waals surface area (Å²) in [5, 5.41) is 2.09. The van der Waals surface area contributed by atoms with Crippen LogP contribution in [0.4, 0.5) is 23.2 Å². The largest absolute Gasteiger partial charge is 0.465 e. The number of nitrogens with one attached hydrogen (secondary N) is 1. The number of pyridine rings is 2. The molecule has 6 nitrogen and oxygen atoms in total. The number of ether oxygens (including phenoxy) is 1. The number of fused-ring (bicyclic) bond motifs is 1. The average Bonchev–Trinajstić information content (AvgIpc) is 2.68. The minimum absolute atomic E-state index is 0.000767. The van der Waals surface area contributed by atoms with Crippen LogP contribution in [0.25, 0.3) is 16.7 Å². The number of nitrogens with zero attached hydrogens (tertiary/aromatic N) is 2. The number of anilines is 1. The van der Waals surface area contributed by atoms with Crippen LogP contribution in [0.2, 0.25) is 5.02 Å². The number of benzene rings is 1. The third-order valence-electron chi connectivity index (χ3n) is 4.13. The first-order valence-corrected chi connectivity index (χ1v) is 8.37. The molecule has 0 atom stereocenters. The number of hydrogen-bond acceptors (Lipinski definition) is 5. The van der Waals surface area contributed by atoms with Gasteiger partial charge in [-0.3, -0.25) is 9.36 Å². The summed E-state index contributed by atoms with van der Waals surface area (Å²) >= 11 is 5.95. The molecule has 3 aromatic rings. The van der Waals surface area contributed by atoms with Gasteiger partial charge in [0.1, 0.15) is 27.7 Å². The van der Waals surface area contributed by atoms with E-state index in [2.05, 4.69) is 15.0 Å². The van der Waals surface area contributed by atoms with Crippen LogP contribution in [0, 0.1) is 5.82 Å². The minimum Gasteiger partial charge on any atom is -0.465 e. The molecule has 0 unspecified atom stereocenters. The van der Waals surface area contributed by atoms with E-state index in [-0.39, 0.29) is 16.8 Å². The lowest BCUT2D eigenvalue weighted by Crippen LogP contribution is -2.29. The van der Waals surface area contributed by atoms with Crippen molar-refractivity contribution in [2.75, 3.05) is 19.5 Å². The van der Waals surface area contributed by atoms with Crippen LogP contribution in [0.1, 0.15) is 16.1 Å². The SMILES string of the molecule is CNc1c(C(=O)OC)c(=O)n(-c2cccc(F)c2Cl)c2nc(C(F)(F)F)ccc12. The molecule has 0 saturated carbocycles. The lowest BCUT2D eigenvalue weighted by molar-refractivity contribution is -0.141. The van der Waals surface area contributed by atoms with Crippen LogP contribution >= 0.6 is 11.6 Å². The van der Waals surface area contributed by atoms with Crippen LogP contribution in [0.5, 0.6) is 0 Å². The highest BCUT2D eigenvalue weighted by Crippen LogP contribution is 2.33. The summed E-state index contributed by atoms with van der Waals surface area (Å²) in [7, 11) is 2.41. The van der Waals surface area contributed by atoms with E-state index in [1.807, 2.05) is 0 Å². The highest BCUT2D eigenvalue weighted by atomic mass is 35.5. The molecule has 0 saturated heterocycles. The molecule has 0 bridgehead atoms. The lowest BCUT2D eigenvalue weighted by atomic mass is 10.1. The number of alkyl halides is 3. The van der Waals surface area contributed by atoms with E-state index >= 15 is 0 Å². The highest BCUT2D eigenvalue weighted by Gasteiger charge is 2.34. The van der Waals surface area contributed by atoms with Gasteiger partial charge in [-0.15, -0.1) is 0 Å². The Balaban J connectivity index is 2.59. The van der Waals surface area contributed by atoms with Gasteiger partial charge in [0.05, 0.1) is 18.5 Å². The predicted molar refractivity (Wildman–Crippen MR) is 98.2 cm³/mol. The number of hydrogen-bond donors (Lipinski definition) is 1. The molecule has 11 heteroatoms. The highest BCUT2D eigenvalue weighted by molar-refractivity contribution is 6.32. The fourth-order valence-corrected chi connectivity index (χ4v) is 3.07. The molecule has 3 rings (SSSR count). The fraction of sp³-hybridized carbons (Fsp3) is 0.167. The Morgan fingerprint density at radius 3 is 2.52 bits per heavy atom. The van der Waals surface area contributed by atoms with Crippen molar-refractivity contribution in [3.63, 3.8) is 0 Å². The van der Waals surface area contributed by atoms with Crippen molar-refractivity contribution < 1.29 is 27.1 Å². The summed E-state index contributed by atoms with van der Waals surface area (Å²) in [5.74, 6) is -1.95. The summed E-state index contributed by atoms with van der Waals surface area (Å²) < 4.78 is 58.9. The van der Waals surface area contributed by atoms with Crippen molar-refractivity contribution in [3.8, 4) is 5.69 Å². The fourth-order valence-electron chi connectivity index (χ4n) is 2.86. The molecule has 0 radical (unpaired) electrons. The van der Waals surface area contributed by atoms with E-state index in [1.165, 1.54) is 19.2 Å². The first-order chi connectivity index (χ1) is 13.6. The van der Waals surface area contributed by atoms with Crippen LogP contribution in [0.3, 0.4) is 0 Å². The summed E-state index contributed by atoms with van der Waals surface area (Å²) in [6, 6.07) is 5.19. The molecule has 0 spiro atoms. The minimum atomic E-state index is -4.80. The molecule has 29 heavy (non-hydrogen) atoms. The first-order valence-electron chi connectivity index (χ1n) is 7.99. The van der Waals surface area contributed by atoms with Gasteiger partial charge >= 0.3 is 12.1 Å². The second-order valence-corrected chi connectivity index (χ2v) is 6.15. The van der Waals surface area contributed by atoms with E-state index < -0.39 is 45.4 Å². The summed E-state index contributed by atoms with van der Waals surface area (Å²) in [4.78, 5) is 28.9. The second kappa shape index (κ2) is 7.36. The molecule has 0 aliphatic rings. The van der Waals surface area contributed by atoms with Crippen molar-refractivity contribution in [3.05, 3.63) is 62.8 Å². The van der Waals surface area contributed by atoms with Crippen LogP contribution < -0.4 is 10.9 Å². The van der Waals surface area contributed by atoms with Gasteiger partial charge in [0.25, 0.3) is 5.56 Å². The number of rotatable bonds is 3. The Hall–Kier alpha value is -3.14. The predicted octanol–water partition coefficient (Wildman–Crippen LogP) is 4.03. The quantitative estimate of drug-likeness (QED) is 0.503. The van der Waals surface area contributed by atoms with E-state index in [1.54, 1.807) is 0 Å². The molecule has 2 aromatic heterocycles. The molecule has 1 aromatic carbocycles. The van der Waals surface area contributed by atoms with Gasteiger partial charge in [0, 0.05) is 12.4 Å². The maximum absolute atomic E-state index is 14.0. The van der Waals surface area contributed by atoms with Crippen LogP contribution in [-0.4, -0.2) is 29.7 Å². The monoisotopic (exact) mass is 429 g/mol. The second-order valence-electron chi connectivity index (χ2n) is 5.77. The molecular formula is C18H12ClF4N3O3. The Labute approximate surface area is 165 Å². The molecule has 2 heterocycles. The number of aromatic nitrogens is 2. The van der Waals surface area contributed by atoms with Crippen molar-refractivity contribution in [2.24, 2.45) is 0 Å². The van der Waals surface area contributed by atoms with Crippen molar-refractivity contribution >= 4 is 34.3 Å². The van der Waals surface area contributed by atoms with Crippen LogP contribution in [0.15, 0.2) is 35.1 Å². The van der Waals surface area contributed by atoms with E-state index in [0.29, 0.717) is 10.6 Å². The molecule has 0 amide bonds. The van der Waals surface area contributed by atoms with Gasteiger partial charge in [-0.05, 0) is 24.3 Å². The number of carbonyl (C=O) groups is 1. The summed E-state index contributed by atoms with van der Waals surface area (Å²) in [6.07, 6.45) is -4.80. The van der Waals surface area contributed by atoms with Crippen molar-refractivity contribution in [1.29, 1.82) is 0 Å². The molecule has 0 aliphatic carbocycles. The van der Waals surface area contributed by atoms with Crippen LogP contribution in [-0.2, 0) is 10.9 Å². The third kappa shape index (κ3) is 3.39. The van der Waals surface area contributed by atoms with Gasteiger partial charge in [-0.1, -0.05) is 17.7 Å². The third-order valence-corrected chi connectivity index (χ3v) is 4.50. The maximum atomic E-state index is 14.0. The van der Waals surface area contributed by atoms with Gasteiger partial charge in [0.2, 0.25) is 0 Å². The number of methoxy groups -OCH3 is 1. The average molecular weight is 430 g/mol. The number of carbonyl (C=O) groups excluding carboxylic acids is 1. The summed E-state index contributed by atoms with van der Waals surface area (Å²) in [5.41, 5.74) is -3.67. The van der Waals surface area contributed by atoms with Crippen molar-refractivity contribution in [1.82, 2.24) is 9.55 Å². The number of esters is 1. The maximum Gasteiger partial charge on any atom is 0.433 e. The van der Waals surface area contributed by atoms with E-state index in [4.69, 9.17) is 11.6 Å². The van der Waals surface area contributed by atoms with Gasteiger partial charge in [0.15, 0.2) is 0 Å². The normalized spacial score (nSPS) is 11.6. The molecular weight excluding hydrogens is 418 g/mol. The van der Waals surface area contributed by atoms with E-state index in [0.717, 1.165) is 19.2 Å². The zero-order chi connectivity index (χ0) is 21.5. The topological polar surface area (TPSA) is 73.2 Å². The van der Waals surface area contributed by atoms with Gasteiger partial charge in [-0.25, -0.2) is 14.2 Å². The molecule has 1 N–H and O–H groups in total.